The van der Waals surface area contributed by atoms with Crippen LogP contribution in [-0.2, 0) is 13.1 Å². The largest absolute Gasteiger partial charge is 0.304 e. The van der Waals surface area contributed by atoms with Gasteiger partial charge in [-0.05, 0) is 12.2 Å². The molecule has 0 aliphatic rings. The molecule has 0 spiro atoms. The van der Waals surface area contributed by atoms with E-state index >= 15 is 0 Å². The van der Waals surface area contributed by atoms with E-state index in [1.54, 1.807) is 10.6 Å². The first-order valence-electron chi connectivity index (χ1n) is 5.78. The lowest BCUT2D eigenvalue weighted by Crippen LogP contribution is -2.21. The maximum Gasteiger partial charge on any atom is 0.273 e. The second-order valence-corrected chi connectivity index (χ2v) is 7.09. The lowest BCUT2D eigenvalue weighted by atomic mass is 10.4. The molecule has 3 aromatic heterocycles. The van der Waals surface area contributed by atoms with Gasteiger partial charge in [-0.15, -0.1) is 11.7 Å². The van der Waals surface area contributed by atoms with E-state index in [-0.39, 0.29) is 12.1 Å². The monoisotopic (exact) mass is 357 g/mol. The minimum absolute atomic E-state index is 0.164. The van der Waals surface area contributed by atoms with Gasteiger partial charge in [0.25, 0.3) is 5.56 Å². The van der Waals surface area contributed by atoms with Crippen LogP contribution >= 0.6 is 46.7 Å². The second kappa shape index (κ2) is 5.76. The highest BCUT2D eigenvalue weighted by Crippen LogP contribution is 2.20. The Morgan fingerprint density at radius 1 is 1.52 bits per heavy atom. The lowest BCUT2D eigenvalue weighted by Gasteiger charge is -2.03. The van der Waals surface area contributed by atoms with Gasteiger partial charge >= 0.3 is 0 Å². The first-order chi connectivity index (χ1) is 10.1. The number of allylic oxidation sites excluding steroid dienone is 1. The van der Waals surface area contributed by atoms with Gasteiger partial charge in [0.05, 0.1) is 6.54 Å². The number of hydrogen-bond donors (Lipinski definition) is 0. The number of halogens is 1. The summed E-state index contributed by atoms with van der Waals surface area (Å²) >= 11 is 13.6. The molecule has 3 rings (SSSR count). The fourth-order valence-corrected chi connectivity index (χ4v) is 3.75. The number of thiazole rings is 1. The summed E-state index contributed by atoms with van der Waals surface area (Å²) in [6.45, 7) is 4.44. The third-order valence-electron chi connectivity index (χ3n) is 2.78. The molecule has 108 valence electrons. The van der Waals surface area contributed by atoms with Crippen LogP contribution in [0.3, 0.4) is 0 Å². The van der Waals surface area contributed by atoms with E-state index in [1.165, 1.54) is 22.2 Å². The van der Waals surface area contributed by atoms with Crippen molar-refractivity contribution in [3.8, 4) is 0 Å². The van der Waals surface area contributed by atoms with E-state index in [9.17, 15) is 4.79 Å². The summed E-state index contributed by atoms with van der Waals surface area (Å²) in [6, 6.07) is 0. The number of aromatic nitrogens is 5. The van der Waals surface area contributed by atoms with Crippen LogP contribution < -0.4 is 5.56 Å². The summed E-state index contributed by atoms with van der Waals surface area (Å²) in [5, 5.41) is 3.90. The van der Waals surface area contributed by atoms with Gasteiger partial charge in [-0.1, -0.05) is 33.5 Å². The molecule has 0 radical (unpaired) electrons. The third kappa shape index (κ3) is 2.57. The highest BCUT2D eigenvalue weighted by molar-refractivity contribution is 7.73. The molecule has 0 aromatic carbocycles. The van der Waals surface area contributed by atoms with Crippen LogP contribution in [-0.4, -0.2) is 23.7 Å². The molecule has 21 heavy (non-hydrogen) atoms. The van der Waals surface area contributed by atoms with E-state index in [0.29, 0.717) is 30.9 Å². The minimum atomic E-state index is -0.164. The highest BCUT2D eigenvalue weighted by atomic mass is 35.5. The first-order valence-corrected chi connectivity index (χ1v) is 8.16. The van der Waals surface area contributed by atoms with Crippen LogP contribution in [0.5, 0.6) is 0 Å². The van der Waals surface area contributed by atoms with Gasteiger partial charge in [0.15, 0.2) is 9.60 Å². The Bertz CT molecular complexity index is 937. The summed E-state index contributed by atoms with van der Waals surface area (Å²) in [5.41, 5.74) is 0.968. The predicted molar refractivity (Wildman–Crippen MR) is 86.9 cm³/mol. The van der Waals surface area contributed by atoms with Crippen molar-refractivity contribution in [1.29, 1.82) is 0 Å². The summed E-state index contributed by atoms with van der Waals surface area (Å²) in [4.78, 5) is 16.8. The van der Waals surface area contributed by atoms with Crippen LogP contribution in [0.15, 0.2) is 23.8 Å². The lowest BCUT2D eigenvalue weighted by molar-refractivity contribution is 0.721. The molecule has 0 unspecified atom stereocenters. The van der Waals surface area contributed by atoms with Crippen molar-refractivity contribution in [3.63, 3.8) is 0 Å². The standard InChI is InChI=1S/C11H8ClN5OS3/c1-2-3-17-9-7(20-11(17)19)10(18)16(5-13-9)4-6-8(12)21-15-14-6/h2,5H,1,3-4H2. The molecule has 0 atom stereocenters. The van der Waals surface area contributed by atoms with Gasteiger partial charge in [-0.25, -0.2) is 4.98 Å². The van der Waals surface area contributed by atoms with E-state index in [0.717, 1.165) is 11.5 Å². The van der Waals surface area contributed by atoms with Crippen LogP contribution in [0.4, 0.5) is 0 Å². The molecular formula is C11H8ClN5OS3. The second-order valence-electron chi connectivity index (χ2n) is 4.09. The van der Waals surface area contributed by atoms with Gasteiger partial charge in [-0.3, -0.25) is 9.36 Å². The Balaban J connectivity index is 2.13. The van der Waals surface area contributed by atoms with Crippen molar-refractivity contribution in [2.24, 2.45) is 0 Å². The van der Waals surface area contributed by atoms with Crippen molar-refractivity contribution in [2.45, 2.75) is 13.1 Å². The predicted octanol–water partition coefficient (Wildman–Crippen LogP) is 2.73. The number of hydrogen-bond acceptors (Lipinski definition) is 7. The van der Waals surface area contributed by atoms with E-state index < -0.39 is 0 Å². The Morgan fingerprint density at radius 2 is 2.33 bits per heavy atom. The van der Waals surface area contributed by atoms with E-state index in [2.05, 4.69) is 21.1 Å². The summed E-state index contributed by atoms with van der Waals surface area (Å²) in [5.74, 6) is 0. The smallest absolute Gasteiger partial charge is 0.273 e. The molecule has 3 heterocycles. The van der Waals surface area contributed by atoms with Crippen LogP contribution in [0.2, 0.25) is 4.34 Å². The zero-order valence-corrected chi connectivity index (χ0v) is 13.7. The van der Waals surface area contributed by atoms with Crippen LogP contribution in [0, 0.1) is 3.95 Å². The molecule has 0 fully saturated rings. The molecule has 0 saturated heterocycles. The van der Waals surface area contributed by atoms with Gasteiger partial charge in [0.1, 0.15) is 21.1 Å². The molecule has 0 aliphatic heterocycles. The van der Waals surface area contributed by atoms with Crippen LogP contribution in [0.1, 0.15) is 5.69 Å². The van der Waals surface area contributed by atoms with Crippen molar-refractivity contribution in [1.82, 2.24) is 23.7 Å². The quantitative estimate of drug-likeness (QED) is 0.530. The van der Waals surface area contributed by atoms with Gasteiger partial charge in [0, 0.05) is 18.1 Å². The van der Waals surface area contributed by atoms with Crippen LogP contribution in [0.25, 0.3) is 10.3 Å². The third-order valence-corrected chi connectivity index (χ3v) is 5.20. The Kier molecular flexibility index (Phi) is 3.98. The zero-order valence-electron chi connectivity index (χ0n) is 10.5. The van der Waals surface area contributed by atoms with Crippen molar-refractivity contribution in [3.05, 3.63) is 43.3 Å². The zero-order chi connectivity index (χ0) is 15.0. The molecule has 0 amide bonds. The normalized spacial score (nSPS) is 11.1. The average molecular weight is 358 g/mol. The summed E-state index contributed by atoms with van der Waals surface area (Å²) in [6.07, 6.45) is 3.19. The Morgan fingerprint density at radius 3 is 3.00 bits per heavy atom. The van der Waals surface area contributed by atoms with E-state index in [4.69, 9.17) is 23.8 Å². The Hall–Kier alpha value is -1.42. The van der Waals surface area contributed by atoms with Crippen molar-refractivity contribution < 1.29 is 0 Å². The van der Waals surface area contributed by atoms with Gasteiger partial charge in [0.2, 0.25) is 0 Å². The molecule has 0 N–H and O–H groups in total. The van der Waals surface area contributed by atoms with Gasteiger partial charge < -0.3 is 4.57 Å². The topological polar surface area (TPSA) is 65.6 Å². The molecule has 0 aliphatic carbocycles. The summed E-state index contributed by atoms with van der Waals surface area (Å²) in [7, 11) is 0. The fourth-order valence-electron chi connectivity index (χ4n) is 1.83. The molecule has 6 nitrogen and oxygen atoms in total. The Labute approximate surface area is 137 Å². The average Bonchev–Trinajstić information content (AvgIpc) is 3.00. The van der Waals surface area contributed by atoms with Crippen molar-refractivity contribution in [2.75, 3.05) is 0 Å². The number of nitrogens with zero attached hydrogens (tertiary/aromatic N) is 5. The number of rotatable bonds is 4. The molecular weight excluding hydrogens is 350 g/mol. The number of fused-ring (bicyclic) bond motifs is 1. The minimum Gasteiger partial charge on any atom is -0.304 e. The molecule has 3 aromatic rings. The highest BCUT2D eigenvalue weighted by Gasteiger charge is 2.13. The maximum atomic E-state index is 12.5. The maximum absolute atomic E-state index is 12.5. The van der Waals surface area contributed by atoms with Gasteiger partial charge in [-0.2, -0.15) is 0 Å². The molecule has 0 bridgehead atoms. The van der Waals surface area contributed by atoms with E-state index in [1.807, 2.05) is 0 Å². The summed E-state index contributed by atoms with van der Waals surface area (Å²) < 4.78 is 8.57. The fraction of sp³-hybridized carbons (Fsp3) is 0.182. The first kappa shape index (κ1) is 14.5. The molecule has 0 saturated carbocycles. The SMILES string of the molecule is C=CCn1c(=S)sc2c(=O)n(Cc3nnsc3Cl)cnc21. The molecule has 10 heteroatoms. The van der Waals surface area contributed by atoms with Crippen molar-refractivity contribution >= 4 is 57.0 Å².